The molecule has 0 bridgehead atoms. The van der Waals surface area contributed by atoms with E-state index in [0.29, 0.717) is 37.7 Å². The third kappa shape index (κ3) is 3.92. The predicted octanol–water partition coefficient (Wildman–Crippen LogP) is 1.06. The zero-order valence-electron chi connectivity index (χ0n) is 11.8. The third-order valence-corrected chi connectivity index (χ3v) is 5.36. The number of rotatable bonds is 4. The zero-order valence-corrected chi connectivity index (χ0v) is 13.4. The minimum Gasteiger partial charge on any atom is -0.329 e. The lowest BCUT2D eigenvalue weighted by atomic mass is 10.0. The Kier molecular flexibility index (Phi) is 5.21. The molecule has 1 fully saturated rings. The molecule has 2 N–H and O–H groups in total. The molecule has 1 aromatic carbocycles. The molecule has 1 unspecified atom stereocenters. The summed E-state index contributed by atoms with van der Waals surface area (Å²) in [7, 11) is -3.16. The highest BCUT2D eigenvalue weighted by atomic mass is 35.5. The summed E-state index contributed by atoms with van der Waals surface area (Å²) in [6.07, 6.45) is 1.21. The van der Waals surface area contributed by atoms with E-state index in [-0.39, 0.29) is 11.9 Å². The van der Waals surface area contributed by atoms with E-state index in [1.165, 1.54) is 22.7 Å². The molecule has 1 heterocycles. The standard InChI is InChI=1S/C13H19ClFN3O2S/c1-21(19,20)18-6-4-17(5-7-18)13(9-16)11-3-2-10(15)8-12(11)14/h2-3,8,13H,4-7,9,16H2,1H3. The molecular formula is C13H19ClFN3O2S. The van der Waals surface area contributed by atoms with Crippen molar-refractivity contribution in [1.29, 1.82) is 0 Å². The number of nitrogens with two attached hydrogens (primary N) is 1. The van der Waals surface area contributed by atoms with E-state index in [4.69, 9.17) is 17.3 Å². The number of halogens is 2. The van der Waals surface area contributed by atoms with Gasteiger partial charge in [-0.15, -0.1) is 0 Å². The van der Waals surface area contributed by atoms with Crippen molar-refractivity contribution in [2.24, 2.45) is 5.73 Å². The second-order valence-corrected chi connectivity index (χ2v) is 7.50. The van der Waals surface area contributed by atoms with Gasteiger partial charge in [-0.1, -0.05) is 17.7 Å². The van der Waals surface area contributed by atoms with Crippen LogP contribution in [0.5, 0.6) is 0 Å². The number of piperazine rings is 1. The molecule has 5 nitrogen and oxygen atoms in total. The van der Waals surface area contributed by atoms with Crippen molar-refractivity contribution in [3.05, 3.63) is 34.6 Å². The molecule has 0 aliphatic carbocycles. The lowest BCUT2D eigenvalue weighted by Crippen LogP contribution is -2.50. The summed E-state index contributed by atoms with van der Waals surface area (Å²) in [5.74, 6) is -0.388. The molecule has 1 saturated heterocycles. The summed E-state index contributed by atoms with van der Waals surface area (Å²) in [4.78, 5) is 2.08. The van der Waals surface area contributed by atoms with Crippen molar-refractivity contribution in [3.63, 3.8) is 0 Å². The van der Waals surface area contributed by atoms with Crippen molar-refractivity contribution >= 4 is 21.6 Å². The highest BCUT2D eigenvalue weighted by molar-refractivity contribution is 7.88. The van der Waals surface area contributed by atoms with Crippen LogP contribution >= 0.6 is 11.6 Å². The molecule has 1 atom stereocenters. The van der Waals surface area contributed by atoms with Gasteiger partial charge in [0.25, 0.3) is 0 Å². The Labute approximate surface area is 129 Å². The molecule has 0 amide bonds. The Morgan fingerprint density at radius 3 is 2.43 bits per heavy atom. The lowest BCUT2D eigenvalue weighted by Gasteiger charge is -2.38. The maximum Gasteiger partial charge on any atom is 0.211 e. The molecule has 0 saturated carbocycles. The van der Waals surface area contributed by atoms with Crippen molar-refractivity contribution in [1.82, 2.24) is 9.21 Å². The van der Waals surface area contributed by atoms with Crippen LogP contribution in [0.25, 0.3) is 0 Å². The Morgan fingerprint density at radius 2 is 1.95 bits per heavy atom. The van der Waals surface area contributed by atoms with Crippen LogP contribution < -0.4 is 5.73 Å². The van der Waals surface area contributed by atoms with Crippen molar-refractivity contribution in [2.45, 2.75) is 6.04 Å². The van der Waals surface area contributed by atoms with Gasteiger partial charge in [-0.25, -0.2) is 12.8 Å². The molecule has 118 valence electrons. The van der Waals surface area contributed by atoms with Crippen molar-refractivity contribution in [3.8, 4) is 0 Å². The van der Waals surface area contributed by atoms with Crippen LogP contribution in [0.1, 0.15) is 11.6 Å². The van der Waals surface area contributed by atoms with Gasteiger partial charge in [-0.2, -0.15) is 4.31 Å². The van der Waals surface area contributed by atoms with Gasteiger partial charge < -0.3 is 5.73 Å². The molecule has 2 rings (SSSR count). The maximum absolute atomic E-state index is 13.1. The minimum absolute atomic E-state index is 0.139. The van der Waals surface area contributed by atoms with E-state index < -0.39 is 10.0 Å². The van der Waals surface area contributed by atoms with Crippen LogP contribution in [0.15, 0.2) is 18.2 Å². The zero-order chi connectivity index (χ0) is 15.6. The van der Waals surface area contributed by atoms with Gasteiger partial charge >= 0.3 is 0 Å². The Balaban J connectivity index is 2.13. The normalized spacial score (nSPS) is 19.6. The summed E-state index contributed by atoms with van der Waals surface area (Å²) in [6.45, 7) is 2.33. The summed E-state index contributed by atoms with van der Waals surface area (Å²) >= 11 is 6.09. The summed E-state index contributed by atoms with van der Waals surface area (Å²) in [5, 5.41) is 0.344. The van der Waals surface area contributed by atoms with Gasteiger partial charge in [-0.3, -0.25) is 4.90 Å². The minimum atomic E-state index is -3.16. The first-order valence-electron chi connectivity index (χ1n) is 6.67. The first kappa shape index (κ1) is 16.6. The topological polar surface area (TPSA) is 66.6 Å². The van der Waals surface area contributed by atoms with Crippen LogP contribution in [0.4, 0.5) is 4.39 Å². The van der Waals surface area contributed by atoms with Gasteiger partial charge in [0, 0.05) is 43.8 Å². The summed E-state index contributed by atoms with van der Waals surface area (Å²) in [6, 6.07) is 4.13. The van der Waals surface area contributed by atoms with Gasteiger partial charge in [0.2, 0.25) is 10.0 Å². The molecule has 21 heavy (non-hydrogen) atoms. The average Bonchev–Trinajstić information content (AvgIpc) is 2.41. The van der Waals surface area contributed by atoms with Gasteiger partial charge in [0.1, 0.15) is 5.82 Å². The number of hydrogen-bond acceptors (Lipinski definition) is 4. The maximum atomic E-state index is 13.1. The highest BCUT2D eigenvalue weighted by Gasteiger charge is 2.28. The number of benzene rings is 1. The van der Waals surface area contributed by atoms with E-state index >= 15 is 0 Å². The molecule has 1 aliphatic rings. The van der Waals surface area contributed by atoms with E-state index in [1.54, 1.807) is 6.07 Å². The predicted molar refractivity (Wildman–Crippen MR) is 81.2 cm³/mol. The van der Waals surface area contributed by atoms with Crippen LogP contribution in [-0.4, -0.2) is 56.6 Å². The quantitative estimate of drug-likeness (QED) is 0.893. The molecular weight excluding hydrogens is 317 g/mol. The van der Waals surface area contributed by atoms with E-state index in [2.05, 4.69) is 4.90 Å². The smallest absolute Gasteiger partial charge is 0.211 e. The molecule has 0 radical (unpaired) electrons. The van der Waals surface area contributed by atoms with Crippen LogP contribution in [-0.2, 0) is 10.0 Å². The molecule has 1 aliphatic heterocycles. The van der Waals surface area contributed by atoms with Gasteiger partial charge in [0.05, 0.1) is 6.26 Å². The third-order valence-electron chi connectivity index (χ3n) is 3.73. The Morgan fingerprint density at radius 1 is 1.33 bits per heavy atom. The molecule has 0 aromatic heterocycles. The number of hydrogen-bond donors (Lipinski definition) is 1. The average molecular weight is 336 g/mol. The van der Waals surface area contributed by atoms with E-state index in [0.717, 1.165) is 5.56 Å². The number of sulfonamides is 1. The molecule has 8 heteroatoms. The molecule has 1 aromatic rings. The summed E-state index contributed by atoms with van der Waals surface area (Å²) < 4.78 is 37.6. The lowest BCUT2D eigenvalue weighted by molar-refractivity contribution is 0.140. The fourth-order valence-electron chi connectivity index (χ4n) is 2.59. The van der Waals surface area contributed by atoms with E-state index in [9.17, 15) is 12.8 Å². The SMILES string of the molecule is CS(=O)(=O)N1CCN(C(CN)c2ccc(F)cc2Cl)CC1. The second kappa shape index (κ2) is 6.58. The first-order valence-corrected chi connectivity index (χ1v) is 8.89. The van der Waals surface area contributed by atoms with Gasteiger partial charge in [-0.05, 0) is 17.7 Å². The van der Waals surface area contributed by atoms with Crippen LogP contribution in [0.2, 0.25) is 5.02 Å². The van der Waals surface area contributed by atoms with Crippen LogP contribution in [0, 0.1) is 5.82 Å². The second-order valence-electron chi connectivity index (χ2n) is 5.12. The Bertz CT molecular complexity index is 603. The van der Waals surface area contributed by atoms with Crippen molar-refractivity contribution in [2.75, 3.05) is 39.0 Å². The monoisotopic (exact) mass is 335 g/mol. The largest absolute Gasteiger partial charge is 0.329 e. The van der Waals surface area contributed by atoms with Crippen LogP contribution in [0.3, 0.4) is 0 Å². The number of nitrogens with zero attached hydrogens (tertiary/aromatic N) is 2. The fraction of sp³-hybridized carbons (Fsp3) is 0.538. The van der Waals surface area contributed by atoms with Gasteiger partial charge in [0.15, 0.2) is 0 Å². The fourth-order valence-corrected chi connectivity index (χ4v) is 3.71. The van der Waals surface area contributed by atoms with E-state index in [1.807, 2.05) is 0 Å². The first-order chi connectivity index (χ1) is 9.82. The highest BCUT2D eigenvalue weighted by Crippen LogP contribution is 2.28. The van der Waals surface area contributed by atoms with Crippen molar-refractivity contribution < 1.29 is 12.8 Å². The summed E-state index contributed by atoms with van der Waals surface area (Å²) in [5.41, 5.74) is 6.61. The Hall–Kier alpha value is -0.730. The molecule has 0 spiro atoms.